The highest BCUT2D eigenvalue weighted by Gasteiger charge is 2.69. The minimum Gasteiger partial charge on any atom is -0.497 e. The number of benzene rings is 3. The first kappa shape index (κ1) is 23.5. The molecule has 35 heavy (non-hydrogen) atoms. The van der Waals surface area contributed by atoms with Gasteiger partial charge in [0, 0.05) is 18.1 Å². The molecule has 3 N–H and O–H groups in total. The lowest BCUT2D eigenvalue weighted by Crippen LogP contribution is -2.48. The summed E-state index contributed by atoms with van der Waals surface area (Å²) >= 11 is 0. The lowest BCUT2D eigenvalue weighted by atomic mass is 9.71. The molecule has 0 saturated heterocycles. The average Bonchev–Trinajstić information content (AvgIpc) is 3.33. The summed E-state index contributed by atoms with van der Waals surface area (Å²) in [6, 6.07) is 21.8. The van der Waals surface area contributed by atoms with Crippen molar-refractivity contribution < 1.29 is 24.1 Å². The minimum atomic E-state index is -1.28. The maximum atomic E-state index is 12.5. The van der Waals surface area contributed by atoms with Gasteiger partial charge in [-0.1, -0.05) is 42.5 Å². The van der Waals surface area contributed by atoms with Crippen LogP contribution in [0.1, 0.15) is 48.3 Å². The van der Waals surface area contributed by atoms with E-state index in [0.717, 1.165) is 36.1 Å². The zero-order chi connectivity index (χ0) is 24.5. The van der Waals surface area contributed by atoms with Crippen LogP contribution >= 0.6 is 0 Å². The summed E-state index contributed by atoms with van der Waals surface area (Å²) in [5.74, 6) is 2.51. The Bertz CT molecular complexity index is 1170. The largest absolute Gasteiger partial charge is 0.497 e. The van der Waals surface area contributed by atoms with Gasteiger partial charge in [-0.3, -0.25) is 0 Å². The van der Waals surface area contributed by atoms with Gasteiger partial charge in [-0.05, 0) is 55.5 Å². The zero-order valence-corrected chi connectivity index (χ0v) is 20.3. The lowest BCUT2D eigenvalue weighted by Gasteiger charge is -2.40. The monoisotopic (exact) mass is 475 g/mol. The Morgan fingerprint density at radius 3 is 2.43 bits per heavy atom. The molecule has 3 unspecified atom stereocenters. The van der Waals surface area contributed by atoms with Crippen LogP contribution in [0.2, 0.25) is 0 Å². The molecule has 0 bridgehead atoms. The van der Waals surface area contributed by atoms with E-state index in [-0.39, 0.29) is 5.92 Å². The van der Waals surface area contributed by atoms with E-state index in [2.05, 4.69) is 12.1 Å². The van der Waals surface area contributed by atoms with E-state index in [1.165, 1.54) is 0 Å². The molecule has 184 valence electrons. The lowest BCUT2D eigenvalue weighted by molar-refractivity contribution is -0.106. The molecule has 3 aromatic rings. The number of ether oxygens (including phenoxy) is 4. The molecule has 0 aromatic heterocycles. The molecule has 6 heteroatoms. The van der Waals surface area contributed by atoms with Gasteiger partial charge in [-0.15, -0.1) is 0 Å². The fraction of sp³-hybridized carbons (Fsp3) is 0.379. The molecule has 5 rings (SSSR count). The summed E-state index contributed by atoms with van der Waals surface area (Å²) in [6.07, 6.45) is 3.08. The molecule has 6 nitrogen and oxygen atoms in total. The maximum absolute atomic E-state index is 12.5. The first-order chi connectivity index (χ1) is 17.1. The molecule has 3 aromatic carbocycles. The third-order valence-electron chi connectivity index (χ3n) is 7.43. The smallest absolute Gasteiger partial charge is 0.174 e. The number of unbranched alkanes of at least 4 members (excludes halogenated alkanes) is 1. The van der Waals surface area contributed by atoms with Gasteiger partial charge in [0.2, 0.25) is 0 Å². The van der Waals surface area contributed by atoms with Gasteiger partial charge < -0.3 is 29.8 Å². The Morgan fingerprint density at radius 2 is 1.74 bits per heavy atom. The van der Waals surface area contributed by atoms with Crippen LogP contribution in [0, 0.1) is 0 Å². The Balaban J connectivity index is 1.64. The van der Waals surface area contributed by atoms with Gasteiger partial charge in [0.05, 0.1) is 26.4 Å². The third kappa shape index (κ3) is 3.72. The second-order valence-electron chi connectivity index (χ2n) is 9.27. The minimum absolute atomic E-state index is 0.0619. The van der Waals surface area contributed by atoms with Crippen LogP contribution in [0.4, 0.5) is 0 Å². The number of rotatable bonds is 9. The van der Waals surface area contributed by atoms with Crippen LogP contribution in [0.5, 0.6) is 23.0 Å². The summed E-state index contributed by atoms with van der Waals surface area (Å²) in [4.78, 5) is 0. The van der Waals surface area contributed by atoms with Crippen molar-refractivity contribution in [1.29, 1.82) is 0 Å². The van der Waals surface area contributed by atoms with Gasteiger partial charge in [-0.25, -0.2) is 0 Å². The molecular weight excluding hydrogens is 442 g/mol. The van der Waals surface area contributed by atoms with Crippen LogP contribution in [-0.2, 0) is 11.2 Å². The Kier molecular flexibility index (Phi) is 6.34. The topological polar surface area (TPSA) is 83.2 Å². The van der Waals surface area contributed by atoms with Crippen molar-refractivity contribution in [3.05, 3.63) is 83.4 Å². The fourth-order valence-corrected chi connectivity index (χ4v) is 5.83. The van der Waals surface area contributed by atoms with E-state index < -0.39 is 11.2 Å². The van der Waals surface area contributed by atoms with Crippen molar-refractivity contribution in [2.45, 2.75) is 42.8 Å². The molecule has 3 atom stereocenters. The summed E-state index contributed by atoms with van der Waals surface area (Å²) in [6.45, 7) is 1.19. The van der Waals surface area contributed by atoms with Gasteiger partial charge >= 0.3 is 0 Å². The number of nitrogens with two attached hydrogens (primary N) is 1. The van der Waals surface area contributed by atoms with Crippen molar-refractivity contribution in [3.8, 4) is 23.0 Å². The second kappa shape index (κ2) is 9.44. The highest BCUT2D eigenvalue weighted by Crippen LogP contribution is 2.68. The molecular formula is C29H33NO5. The number of fused-ring (bicyclic) bond motifs is 3. The number of aliphatic hydroxyl groups is 1. The highest BCUT2D eigenvalue weighted by atomic mass is 16.5. The van der Waals surface area contributed by atoms with Crippen molar-refractivity contribution in [2.24, 2.45) is 5.73 Å². The Hall–Kier alpha value is -3.22. The normalized spacial score (nSPS) is 24.4. The number of hydrogen-bond donors (Lipinski definition) is 2. The van der Waals surface area contributed by atoms with E-state index >= 15 is 0 Å². The van der Waals surface area contributed by atoms with E-state index in [9.17, 15) is 5.11 Å². The van der Waals surface area contributed by atoms with Crippen molar-refractivity contribution >= 4 is 0 Å². The maximum Gasteiger partial charge on any atom is 0.174 e. The fourth-order valence-electron chi connectivity index (χ4n) is 5.83. The van der Waals surface area contributed by atoms with Crippen LogP contribution < -0.4 is 24.7 Å². The van der Waals surface area contributed by atoms with Crippen LogP contribution in [0.15, 0.2) is 66.7 Å². The van der Waals surface area contributed by atoms with Gasteiger partial charge in [-0.2, -0.15) is 0 Å². The SMILES string of the molecule is COc1ccc(C23Oc4cc(OCCCCN)cc(OC)c4C2(O)CCC3c2ccccc2)cc1. The van der Waals surface area contributed by atoms with Crippen LogP contribution in [0.25, 0.3) is 0 Å². The highest BCUT2D eigenvalue weighted by molar-refractivity contribution is 5.61. The summed E-state index contributed by atoms with van der Waals surface area (Å²) in [5, 5.41) is 12.5. The summed E-state index contributed by atoms with van der Waals surface area (Å²) in [7, 11) is 3.27. The molecule has 0 amide bonds. The quantitative estimate of drug-likeness (QED) is 0.430. The van der Waals surface area contributed by atoms with E-state index in [1.807, 2.05) is 54.6 Å². The molecule has 2 aliphatic rings. The van der Waals surface area contributed by atoms with Crippen LogP contribution in [-0.4, -0.2) is 32.5 Å². The molecule has 1 heterocycles. The van der Waals surface area contributed by atoms with Crippen molar-refractivity contribution in [1.82, 2.24) is 0 Å². The molecule has 0 spiro atoms. The zero-order valence-electron chi connectivity index (χ0n) is 20.3. The number of methoxy groups -OCH3 is 2. The van der Waals surface area contributed by atoms with Gasteiger partial charge in [0.1, 0.15) is 28.6 Å². The molecule has 1 fully saturated rings. The van der Waals surface area contributed by atoms with Gasteiger partial charge in [0.15, 0.2) is 5.60 Å². The molecule has 1 aliphatic carbocycles. The Morgan fingerprint density at radius 1 is 0.971 bits per heavy atom. The first-order valence-electron chi connectivity index (χ1n) is 12.2. The average molecular weight is 476 g/mol. The van der Waals surface area contributed by atoms with Crippen LogP contribution in [0.3, 0.4) is 0 Å². The number of hydrogen-bond acceptors (Lipinski definition) is 6. The second-order valence-corrected chi connectivity index (χ2v) is 9.27. The van der Waals surface area contributed by atoms with E-state index in [1.54, 1.807) is 14.2 Å². The van der Waals surface area contributed by atoms with Crippen molar-refractivity contribution in [3.63, 3.8) is 0 Å². The molecule has 0 radical (unpaired) electrons. The van der Waals surface area contributed by atoms with E-state index in [4.69, 9.17) is 24.7 Å². The Labute approximate surface area is 206 Å². The van der Waals surface area contributed by atoms with E-state index in [0.29, 0.717) is 42.4 Å². The summed E-state index contributed by atoms with van der Waals surface area (Å²) < 4.78 is 24.1. The standard InChI is InChI=1S/C29H33NO5/c1-32-22-12-10-21(11-13-22)29-24(20-8-4-3-5-9-20)14-15-28(29,31)27-25(33-2)18-23(19-26(27)35-29)34-17-7-6-16-30/h3-5,8-13,18-19,24,31H,6-7,14-17,30H2,1-2H3. The molecule has 1 saturated carbocycles. The third-order valence-corrected chi connectivity index (χ3v) is 7.43. The first-order valence-corrected chi connectivity index (χ1v) is 12.2. The molecule has 1 aliphatic heterocycles. The predicted octanol–water partition coefficient (Wildman–Crippen LogP) is 4.87. The van der Waals surface area contributed by atoms with Crippen molar-refractivity contribution in [2.75, 3.05) is 27.4 Å². The van der Waals surface area contributed by atoms with Gasteiger partial charge in [0.25, 0.3) is 0 Å². The summed E-state index contributed by atoms with van der Waals surface area (Å²) in [5.41, 5.74) is 6.03. The predicted molar refractivity (Wildman–Crippen MR) is 134 cm³/mol.